The molecule has 3 N–H and O–H groups in total. The number of carbonyl (C=O) groups excluding carboxylic acids is 1. The van der Waals surface area contributed by atoms with Crippen molar-refractivity contribution in [2.45, 2.75) is 57.5 Å². The van der Waals surface area contributed by atoms with Crippen LogP contribution in [0.3, 0.4) is 0 Å². The minimum Gasteiger partial charge on any atom is -0.396 e. The minimum absolute atomic E-state index is 0.0737. The number of nitrogens with one attached hydrogen (secondary N) is 2. The Balaban J connectivity index is 1.79. The van der Waals surface area contributed by atoms with Crippen molar-refractivity contribution in [3.63, 3.8) is 0 Å². The van der Waals surface area contributed by atoms with Gasteiger partial charge in [0, 0.05) is 18.7 Å². The molecule has 3 unspecified atom stereocenters. The molecular weight excluding hydrogens is 276 g/mol. The van der Waals surface area contributed by atoms with E-state index >= 15 is 0 Å². The van der Waals surface area contributed by atoms with Gasteiger partial charge >= 0.3 is 6.03 Å². The lowest BCUT2D eigenvalue weighted by atomic mass is 9.95. The standard InChI is InChI=1S/C18H28N2O2/c1-14(7-6-12-21)19-18(22)20-17-11-5-10-16(17)13-15-8-3-2-4-9-15/h2-4,8-9,14,16-17,21H,5-7,10-13H2,1H3,(H2,19,20,22). The van der Waals surface area contributed by atoms with Gasteiger partial charge in [-0.2, -0.15) is 0 Å². The van der Waals surface area contributed by atoms with E-state index in [-0.39, 0.29) is 24.7 Å². The van der Waals surface area contributed by atoms with Gasteiger partial charge in [-0.25, -0.2) is 4.79 Å². The summed E-state index contributed by atoms with van der Waals surface area (Å²) in [6.07, 6.45) is 5.99. The SMILES string of the molecule is CC(CCCO)NC(=O)NC1CCCC1Cc1ccccc1. The van der Waals surface area contributed by atoms with Crippen LogP contribution in [0.2, 0.25) is 0 Å². The highest BCUT2D eigenvalue weighted by Crippen LogP contribution is 2.28. The van der Waals surface area contributed by atoms with Gasteiger partial charge in [-0.05, 0) is 50.5 Å². The third-order valence-corrected chi connectivity index (χ3v) is 4.49. The van der Waals surface area contributed by atoms with E-state index in [1.165, 1.54) is 18.4 Å². The van der Waals surface area contributed by atoms with Gasteiger partial charge in [0.15, 0.2) is 0 Å². The molecule has 1 aromatic carbocycles. The van der Waals surface area contributed by atoms with Gasteiger partial charge in [0.1, 0.15) is 0 Å². The van der Waals surface area contributed by atoms with Crippen molar-refractivity contribution in [1.29, 1.82) is 0 Å². The van der Waals surface area contributed by atoms with Crippen molar-refractivity contribution in [2.24, 2.45) is 5.92 Å². The first-order chi connectivity index (χ1) is 10.7. The van der Waals surface area contributed by atoms with Crippen LogP contribution in [0.5, 0.6) is 0 Å². The summed E-state index contributed by atoms with van der Waals surface area (Å²) in [4.78, 5) is 12.1. The summed E-state index contributed by atoms with van der Waals surface area (Å²) in [6, 6.07) is 10.8. The van der Waals surface area contributed by atoms with Crippen molar-refractivity contribution >= 4 is 6.03 Å². The molecular formula is C18H28N2O2. The van der Waals surface area contributed by atoms with Crippen LogP contribution in [-0.2, 0) is 6.42 Å². The first-order valence-corrected chi connectivity index (χ1v) is 8.41. The van der Waals surface area contributed by atoms with Crippen LogP contribution in [0.1, 0.15) is 44.6 Å². The van der Waals surface area contributed by atoms with E-state index in [0.29, 0.717) is 5.92 Å². The Morgan fingerprint density at radius 3 is 2.82 bits per heavy atom. The molecule has 2 amide bonds. The molecule has 4 heteroatoms. The Hall–Kier alpha value is -1.55. The number of carbonyl (C=O) groups is 1. The maximum Gasteiger partial charge on any atom is 0.315 e. The van der Waals surface area contributed by atoms with Crippen molar-refractivity contribution in [2.75, 3.05) is 6.61 Å². The van der Waals surface area contributed by atoms with Crippen LogP contribution in [0, 0.1) is 5.92 Å². The second kappa shape index (κ2) is 8.79. The summed E-state index contributed by atoms with van der Waals surface area (Å²) >= 11 is 0. The molecule has 122 valence electrons. The molecule has 1 aromatic rings. The second-order valence-corrected chi connectivity index (χ2v) is 6.37. The minimum atomic E-state index is -0.0737. The molecule has 1 aliphatic carbocycles. The van der Waals surface area contributed by atoms with E-state index in [2.05, 4.69) is 34.9 Å². The fourth-order valence-electron chi connectivity index (χ4n) is 3.29. The monoisotopic (exact) mass is 304 g/mol. The molecule has 0 aliphatic heterocycles. The molecule has 0 aromatic heterocycles. The predicted octanol–water partition coefficient (Wildman–Crippen LogP) is 2.86. The van der Waals surface area contributed by atoms with E-state index < -0.39 is 0 Å². The molecule has 4 nitrogen and oxygen atoms in total. The number of amides is 2. The molecule has 1 aliphatic rings. The second-order valence-electron chi connectivity index (χ2n) is 6.37. The third kappa shape index (κ3) is 5.34. The fourth-order valence-corrected chi connectivity index (χ4v) is 3.29. The normalized spacial score (nSPS) is 22.3. The molecule has 0 saturated heterocycles. The molecule has 3 atom stereocenters. The Morgan fingerprint density at radius 1 is 1.32 bits per heavy atom. The van der Waals surface area contributed by atoms with Crippen molar-refractivity contribution < 1.29 is 9.90 Å². The highest BCUT2D eigenvalue weighted by Gasteiger charge is 2.28. The molecule has 0 heterocycles. The van der Waals surface area contributed by atoms with Crippen LogP contribution >= 0.6 is 0 Å². The van der Waals surface area contributed by atoms with Gasteiger partial charge in [-0.1, -0.05) is 36.8 Å². The van der Waals surface area contributed by atoms with Crippen LogP contribution < -0.4 is 10.6 Å². The molecule has 1 saturated carbocycles. The molecule has 22 heavy (non-hydrogen) atoms. The number of aliphatic hydroxyl groups excluding tert-OH is 1. The number of hydrogen-bond donors (Lipinski definition) is 3. The molecule has 2 rings (SSSR count). The van der Waals surface area contributed by atoms with E-state index in [4.69, 9.17) is 5.11 Å². The number of aliphatic hydroxyl groups is 1. The van der Waals surface area contributed by atoms with Gasteiger partial charge < -0.3 is 15.7 Å². The van der Waals surface area contributed by atoms with Crippen LogP contribution in [0.4, 0.5) is 4.79 Å². The summed E-state index contributed by atoms with van der Waals surface area (Å²) in [5.74, 6) is 0.529. The zero-order valence-electron chi connectivity index (χ0n) is 13.4. The predicted molar refractivity (Wildman–Crippen MR) is 88.7 cm³/mol. The first-order valence-electron chi connectivity index (χ1n) is 8.41. The average molecular weight is 304 g/mol. The number of hydrogen-bond acceptors (Lipinski definition) is 2. The summed E-state index contributed by atoms with van der Waals surface area (Å²) in [6.45, 7) is 2.15. The van der Waals surface area contributed by atoms with Crippen molar-refractivity contribution in [3.05, 3.63) is 35.9 Å². The van der Waals surface area contributed by atoms with E-state index in [9.17, 15) is 4.79 Å². The summed E-state index contributed by atoms with van der Waals surface area (Å²) in [5.41, 5.74) is 1.35. The van der Waals surface area contributed by atoms with Gasteiger partial charge in [-0.3, -0.25) is 0 Å². The van der Waals surface area contributed by atoms with Crippen molar-refractivity contribution in [3.8, 4) is 0 Å². The topological polar surface area (TPSA) is 61.4 Å². The average Bonchev–Trinajstić information content (AvgIpc) is 2.93. The van der Waals surface area contributed by atoms with Crippen LogP contribution in [0.15, 0.2) is 30.3 Å². The van der Waals surface area contributed by atoms with E-state index in [1.54, 1.807) is 0 Å². The zero-order chi connectivity index (χ0) is 15.8. The maximum absolute atomic E-state index is 12.1. The number of benzene rings is 1. The number of urea groups is 1. The fraction of sp³-hybridized carbons (Fsp3) is 0.611. The smallest absolute Gasteiger partial charge is 0.315 e. The van der Waals surface area contributed by atoms with Gasteiger partial charge in [0.2, 0.25) is 0 Å². The molecule has 0 radical (unpaired) electrons. The molecule has 0 spiro atoms. The van der Waals surface area contributed by atoms with E-state index in [0.717, 1.165) is 25.7 Å². The highest BCUT2D eigenvalue weighted by atomic mass is 16.3. The molecule has 0 bridgehead atoms. The third-order valence-electron chi connectivity index (χ3n) is 4.49. The lowest BCUT2D eigenvalue weighted by molar-refractivity contribution is 0.227. The zero-order valence-corrected chi connectivity index (χ0v) is 13.4. The van der Waals surface area contributed by atoms with Gasteiger partial charge in [0.05, 0.1) is 0 Å². The van der Waals surface area contributed by atoms with Gasteiger partial charge in [-0.15, -0.1) is 0 Å². The highest BCUT2D eigenvalue weighted by molar-refractivity contribution is 5.74. The Morgan fingerprint density at radius 2 is 2.09 bits per heavy atom. The lowest BCUT2D eigenvalue weighted by Gasteiger charge is -2.23. The van der Waals surface area contributed by atoms with Crippen LogP contribution in [0.25, 0.3) is 0 Å². The lowest BCUT2D eigenvalue weighted by Crippen LogP contribution is -2.46. The Bertz CT molecular complexity index is 450. The maximum atomic E-state index is 12.1. The summed E-state index contributed by atoms with van der Waals surface area (Å²) in [5, 5.41) is 14.9. The quantitative estimate of drug-likeness (QED) is 0.725. The molecule has 1 fully saturated rings. The van der Waals surface area contributed by atoms with E-state index in [1.807, 2.05) is 13.0 Å². The van der Waals surface area contributed by atoms with Crippen molar-refractivity contribution in [1.82, 2.24) is 10.6 Å². The Kier molecular flexibility index (Phi) is 6.72. The summed E-state index contributed by atoms with van der Waals surface area (Å²) in [7, 11) is 0. The van der Waals surface area contributed by atoms with Gasteiger partial charge in [0.25, 0.3) is 0 Å². The largest absolute Gasteiger partial charge is 0.396 e. The summed E-state index contributed by atoms with van der Waals surface area (Å²) < 4.78 is 0. The number of rotatable bonds is 7. The Labute approximate surface area is 133 Å². The van der Waals surface area contributed by atoms with Crippen LogP contribution in [-0.4, -0.2) is 29.8 Å². The first kappa shape index (κ1) is 16.8.